The number of hydrogen-bond acceptors (Lipinski definition) is 6. The molecule has 0 bridgehead atoms. The van der Waals surface area contributed by atoms with E-state index in [9.17, 15) is 14.4 Å². The van der Waals surface area contributed by atoms with E-state index in [1.165, 1.54) is 19.1 Å². The number of nitrogens with zero attached hydrogens (tertiary/aromatic N) is 3. The molecule has 2 aliphatic heterocycles. The van der Waals surface area contributed by atoms with Crippen LogP contribution in [0.2, 0.25) is 0 Å². The first-order valence-electron chi connectivity index (χ1n) is 11.2. The van der Waals surface area contributed by atoms with E-state index in [4.69, 9.17) is 9.47 Å². The minimum Gasteiger partial charge on any atom is -0.493 e. The first-order valence-corrected chi connectivity index (χ1v) is 11.2. The van der Waals surface area contributed by atoms with Crippen molar-refractivity contribution < 1.29 is 23.9 Å². The van der Waals surface area contributed by atoms with E-state index in [-0.39, 0.29) is 24.3 Å². The molecule has 35 heavy (non-hydrogen) atoms. The number of methoxy groups -OCH3 is 2. The lowest BCUT2D eigenvalue weighted by atomic mass is 10.0. The summed E-state index contributed by atoms with van der Waals surface area (Å²) in [6.45, 7) is 0.168. The smallest absolute Gasteiger partial charge is 0.264 e. The number of hydrogen-bond donors (Lipinski definition) is 1. The highest BCUT2D eigenvalue weighted by atomic mass is 16.5. The second-order valence-electron chi connectivity index (χ2n) is 8.19. The Labute approximate surface area is 202 Å². The van der Waals surface area contributed by atoms with Crippen molar-refractivity contribution in [3.63, 3.8) is 0 Å². The second kappa shape index (κ2) is 9.09. The number of pyridine rings is 1. The fourth-order valence-electron chi connectivity index (χ4n) is 4.67. The molecule has 2 aromatic carbocycles. The van der Waals surface area contributed by atoms with Gasteiger partial charge >= 0.3 is 0 Å². The predicted octanol–water partition coefficient (Wildman–Crippen LogP) is 2.57. The van der Waals surface area contributed by atoms with Gasteiger partial charge in [0.2, 0.25) is 5.91 Å². The van der Waals surface area contributed by atoms with Crippen molar-refractivity contribution in [2.45, 2.75) is 12.6 Å². The Morgan fingerprint density at radius 3 is 2.54 bits per heavy atom. The van der Waals surface area contributed by atoms with Gasteiger partial charge in [-0.2, -0.15) is 0 Å². The summed E-state index contributed by atoms with van der Waals surface area (Å²) in [5.74, 6) is -0.250. The molecule has 0 radical (unpaired) electrons. The van der Waals surface area contributed by atoms with E-state index >= 15 is 0 Å². The quantitative estimate of drug-likeness (QED) is 0.567. The summed E-state index contributed by atoms with van der Waals surface area (Å²) in [7, 11) is 2.96. The molecule has 1 aromatic heterocycles. The number of nitrogens with one attached hydrogen (secondary N) is 1. The highest BCUT2D eigenvalue weighted by molar-refractivity contribution is 6.18. The number of rotatable bonds is 7. The van der Waals surface area contributed by atoms with Crippen molar-refractivity contribution in [2.24, 2.45) is 0 Å². The highest BCUT2D eigenvalue weighted by Gasteiger charge is 2.50. The summed E-state index contributed by atoms with van der Waals surface area (Å²) in [6, 6.07) is 16.0. The van der Waals surface area contributed by atoms with Crippen LogP contribution in [0.5, 0.6) is 11.5 Å². The number of anilines is 1. The van der Waals surface area contributed by atoms with Crippen LogP contribution >= 0.6 is 0 Å². The Hall–Kier alpha value is -4.40. The molecule has 178 valence electrons. The topological polar surface area (TPSA) is 101 Å². The van der Waals surface area contributed by atoms with Crippen LogP contribution in [0, 0.1) is 0 Å². The third-order valence-electron chi connectivity index (χ3n) is 6.23. The molecular weight excluding hydrogens is 448 g/mol. The Bertz CT molecular complexity index is 1310. The number of aromatic nitrogens is 1. The molecular formula is C26H24N4O5. The Balaban J connectivity index is 1.47. The van der Waals surface area contributed by atoms with Gasteiger partial charge in [-0.15, -0.1) is 0 Å². The van der Waals surface area contributed by atoms with Gasteiger partial charge < -0.3 is 19.7 Å². The second-order valence-corrected chi connectivity index (χ2v) is 8.19. The summed E-state index contributed by atoms with van der Waals surface area (Å²) in [5.41, 5.74) is 2.62. The fourth-order valence-corrected chi connectivity index (χ4v) is 4.67. The zero-order valence-electron chi connectivity index (χ0n) is 19.4. The normalized spacial score (nSPS) is 15.9. The van der Waals surface area contributed by atoms with Gasteiger partial charge in [-0.05, 0) is 30.3 Å². The molecule has 3 heterocycles. The fraction of sp³-hybridized carbons (Fsp3) is 0.231. The van der Waals surface area contributed by atoms with Crippen molar-refractivity contribution in [1.29, 1.82) is 0 Å². The van der Waals surface area contributed by atoms with Crippen molar-refractivity contribution in [2.75, 3.05) is 32.2 Å². The van der Waals surface area contributed by atoms with Crippen molar-refractivity contribution in [3.8, 4) is 11.5 Å². The van der Waals surface area contributed by atoms with Crippen LogP contribution in [0.3, 0.4) is 0 Å². The van der Waals surface area contributed by atoms with Gasteiger partial charge in [0, 0.05) is 30.4 Å². The first kappa shape index (κ1) is 22.4. The van der Waals surface area contributed by atoms with Gasteiger partial charge in [0.1, 0.15) is 12.7 Å². The molecule has 0 fully saturated rings. The summed E-state index contributed by atoms with van der Waals surface area (Å²) in [4.78, 5) is 47.3. The molecule has 0 saturated heterocycles. The maximum Gasteiger partial charge on any atom is 0.264 e. The van der Waals surface area contributed by atoms with Gasteiger partial charge in [-0.25, -0.2) is 0 Å². The number of amides is 3. The monoisotopic (exact) mass is 472 g/mol. The van der Waals surface area contributed by atoms with Crippen LogP contribution in [-0.4, -0.2) is 54.9 Å². The van der Waals surface area contributed by atoms with Crippen LogP contribution in [0.1, 0.15) is 38.1 Å². The zero-order valence-corrected chi connectivity index (χ0v) is 19.4. The van der Waals surface area contributed by atoms with E-state index in [0.717, 1.165) is 5.69 Å². The minimum atomic E-state index is -0.777. The standard InChI is InChI=1S/C26H24N4O5/c1-34-20-11-10-18-22(23(20)35-2)26(33)30-19-9-4-3-8-17(19)25(32)29(24(18)30)15-21(31)28-14-12-16-7-5-6-13-27-16/h3-11,13,24H,12,14-15H2,1-2H3,(H,28,31)/t24-/m1/s1. The minimum absolute atomic E-state index is 0.211. The van der Waals surface area contributed by atoms with Crippen LogP contribution in [-0.2, 0) is 11.2 Å². The highest BCUT2D eigenvalue weighted by Crippen LogP contribution is 2.49. The molecule has 0 saturated carbocycles. The van der Waals surface area contributed by atoms with Gasteiger partial charge in [0.05, 0.1) is 31.0 Å². The van der Waals surface area contributed by atoms with E-state index < -0.39 is 6.17 Å². The molecule has 9 nitrogen and oxygen atoms in total. The third-order valence-corrected chi connectivity index (χ3v) is 6.23. The largest absolute Gasteiger partial charge is 0.493 e. The molecule has 0 spiro atoms. The average molecular weight is 473 g/mol. The Kier molecular flexibility index (Phi) is 5.82. The Morgan fingerprint density at radius 1 is 1.00 bits per heavy atom. The molecule has 1 atom stereocenters. The number of ether oxygens (including phenoxy) is 2. The van der Waals surface area contributed by atoms with Crippen molar-refractivity contribution in [3.05, 3.63) is 83.2 Å². The summed E-state index contributed by atoms with van der Waals surface area (Å²) in [5, 5.41) is 2.86. The first-order chi connectivity index (χ1) is 17.0. The molecule has 0 aliphatic carbocycles. The van der Waals surface area contributed by atoms with Crippen LogP contribution in [0.25, 0.3) is 0 Å². The predicted molar refractivity (Wildman–Crippen MR) is 128 cm³/mol. The summed E-state index contributed by atoms with van der Waals surface area (Å²) in [6.07, 6.45) is 1.49. The van der Waals surface area contributed by atoms with Gasteiger partial charge in [0.15, 0.2) is 11.5 Å². The lowest BCUT2D eigenvalue weighted by Gasteiger charge is -2.40. The Morgan fingerprint density at radius 2 is 1.80 bits per heavy atom. The van der Waals surface area contributed by atoms with Crippen molar-refractivity contribution in [1.82, 2.24) is 15.2 Å². The molecule has 2 aliphatic rings. The van der Waals surface area contributed by atoms with Crippen LogP contribution < -0.4 is 19.7 Å². The van der Waals surface area contributed by atoms with E-state index in [1.807, 2.05) is 18.2 Å². The van der Waals surface area contributed by atoms with Crippen molar-refractivity contribution >= 4 is 23.4 Å². The van der Waals surface area contributed by atoms with E-state index in [0.29, 0.717) is 46.8 Å². The molecule has 3 aromatic rings. The molecule has 0 unspecified atom stereocenters. The number of fused-ring (bicyclic) bond motifs is 5. The lowest BCUT2D eigenvalue weighted by Crippen LogP contribution is -2.51. The van der Waals surface area contributed by atoms with E-state index in [2.05, 4.69) is 10.3 Å². The van der Waals surface area contributed by atoms with Crippen LogP contribution in [0.4, 0.5) is 5.69 Å². The maximum absolute atomic E-state index is 13.7. The van der Waals surface area contributed by atoms with Crippen LogP contribution in [0.15, 0.2) is 60.8 Å². The molecule has 1 N–H and O–H groups in total. The number of carbonyl (C=O) groups excluding carboxylic acids is 3. The SMILES string of the molecule is COc1ccc2c(c1OC)C(=O)N1c3ccccc3C(=O)N(CC(=O)NCCc3ccccn3)[C@@H]21. The van der Waals surface area contributed by atoms with Gasteiger partial charge in [-0.3, -0.25) is 24.3 Å². The van der Waals surface area contributed by atoms with Gasteiger partial charge in [0.25, 0.3) is 11.8 Å². The molecule has 3 amide bonds. The number of benzene rings is 2. The summed E-state index contributed by atoms with van der Waals surface area (Å²) >= 11 is 0. The van der Waals surface area contributed by atoms with Gasteiger partial charge in [-0.1, -0.05) is 24.3 Å². The summed E-state index contributed by atoms with van der Waals surface area (Å²) < 4.78 is 10.9. The average Bonchev–Trinajstić information content (AvgIpc) is 3.19. The maximum atomic E-state index is 13.7. The molecule has 9 heteroatoms. The van der Waals surface area contributed by atoms with E-state index in [1.54, 1.807) is 47.5 Å². The lowest BCUT2D eigenvalue weighted by molar-refractivity contribution is -0.122. The number of para-hydroxylation sites is 1. The number of carbonyl (C=O) groups is 3. The molecule has 5 rings (SSSR count). The zero-order chi connectivity index (χ0) is 24.5. The third kappa shape index (κ3) is 3.74.